The minimum absolute atomic E-state index is 0.474. The highest BCUT2D eigenvalue weighted by atomic mass is 16.5. The first-order chi connectivity index (χ1) is 14.6. The molecule has 2 N–H and O–H groups in total. The van der Waals surface area contributed by atoms with Crippen LogP contribution in [0.25, 0.3) is 11.0 Å². The van der Waals surface area contributed by atoms with Crippen LogP contribution in [0.3, 0.4) is 0 Å². The Morgan fingerprint density at radius 3 is 2.57 bits per heavy atom. The molecule has 0 unspecified atom stereocenters. The van der Waals surface area contributed by atoms with Crippen molar-refractivity contribution in [1.29, 1.82) is 0 Å². The number of rotatable bonds is 10. The lowest BCUT2D eigenvalue weighted by Crippen LogP contribution is -2.39. The molecule has 0 saturated heterocycles. The van der Waals surface area contributed by atoms with E-state index < -0.39 is 0 Å². The molecule has 30 heavy (non-hydrogen) atoms. The number of nitrogens with zero attached hydrogens (tertiary/aromatic N) is 6. The van der Waals surface area contributed by atoms with Crippen molar-refractivity contribution in [3.63, 3.8) is 0 Å². The van der Waals surface area contributed by atoms with Gasteiger partial charge in [-0.15, -0.1) is 10.2 Å². The number of nitrogens with one attached hydrogen (secondary N) is 2. The molecule has 9 heteroatoms. The number of benzene rings is 1. The molecular formula is C21H32N8O. The molecule has 0 amide bonds. The molecule has 0 atom stereocenters. The van der Waals surface area contributed by atoms with E-state index in [4.69, 9.17) is 4.74 Å². The first-order valence-corrected chi connectivity index (χ1v) is 10.4. The van der Waals surface area contributed by atoms with Gasteiger partial charge in [-0.2, -0.15) is 0 Å². The third-order valence-electron chi connectivity index (χ3n) is 5.08. The van der Waals surface area contributed by atoms with E-state index in [1.807, 2.05) is 24.6 Å². The van der Waals surface area contributed by atoms with Crippen molar-refractivity contribution in [1.82, 2.24) is 34.9 Å². The average Bonchev–Trinajstić information content (AvgIpc) is 3.24. The fourth-order valence-corrected chi connectivity index (χ4v) is 3.26. The normalized spacial score (nSPS) is 11.9. The molecule has 0 spiro atoms. The summed E-state index contributed by atoms with van der Waals surface area (Å²) < 4.78 is 9.35. The lowest BCUT2D eigenvalue weighted by atomic mass is 10.3. The summed E-state index contributed by atoms with van der Waals surface area (Å²) in [6.07, 6.45) is 1.88. The third-order valence-corrected chi connectivity index (χ3v) is 5.08. The Bertz CT molecular complexity index is 975. The van der Waals surface area contributed by atoms with Gasteiger partial charge in [-0.1, -0.05) is 12.1 Å². The van der Waals surface area contributed by atoms with Gasteiger partial charge in [0.15, 0.2) is 11.8 Å². The summed E-state index contributed by atoms with van der Waals surface area (Å²) in [5.74, 6) is 3.54. The van der Waals surface area contributed by atoms with Gasteiger partial charge in [0, 0.05) is 40.4 Å². The van der Waals surface area contributed by atoms with Crippen molar-refractivity contribution in [2.75, 3.05) is 26.8 Å². The van der Waals surface area contributed by atoms with Gasteiger partial charge >= 0.3 is 0 Å². The van der Waals surface area contributed by atoms with Crippen molar-refractivity contribution in [2.24, 2.45) is 12.0 Å². The number of imidazole rings is 1. The Labute approximate surface area is 177 Å². The molecule has 0 aliphatic carbocycles. The summed E-state index contributed by atoms with van der Waals surface area (Å²) in [6.45, 7) is 7.68. The molecule has 162 valence electrons. The summed E-state index contributed by atoms with van der Waals surface area (Å²) in [4.78, 5) is 9.32. The minimum Gasteiger partial charge on any atom is -0.385 e. The zero-order valence-corrected chi connectivity index (χ0v) is 18.4. The molecule has 3 aromatic rings. The summed E-state index contributed by atoms with van der Waals surface area (Å²) in [6, 6.07) is 8.26. The highest BCUT2D eigenvalue weighted by molar-refractivity contribution is 5.79. The number of para-hydroxylation sites is 2. The van der Waals surface area contributed by atoms with E-state index in [9.17, 15) is 0 Å². The zero-order chi connectivity index (χ0) is 21.3. The SMILES string of the molecule is COCCCNC(=NCc1nnc(C)n1C)NCCCn1c(C)nc2ccccc21. The molecule has 2 heterocycles. The standard InChI is InChI=1S/C21H32N8O/c1-16-25-18-9-5-6-10-19(18)29(16)13-7-11-22-21(23-12-8-14-30-4)24-15-20-27-26-17(2)28(20)3/h5-6,9-10H,7-8,11-15H2,1-4H3,(H2,22,23,24). The van der Waals surface area contributed by atoms with Crippen LogP contribution < -0.4 is 10.6 Å². The van der Waals surface area contributed by atoms with Gasteiger partial charge in [0.2, 0.25) is 0 Å². The number of methoxy groups -OCH3 is 1. The largest absolute Gasteiger partial charge is 0.385 e. The summed E-state index contributed by atoms with van der Waals surface area (Å²) in [7, 11) is 3.67. The van der Waals surface area contributed by atoms with E-state index >= 15 is 0 Å². The second-order valence-electron chi connectivity index (χ2n) is 7.24. The second-order valence-corrected chi connectivity index (χ2v) is 7.24. The molecule has 9 nitrogen and oxygen atoms in total. The monoisotopic (exact) mass is 412 g/mol. The maximum absolute atomic E-state index is 5.13. The van der Waals surface area contributed by atoms with Crippen LogP contribution in [0.2, 0.25) is 0 Å². The van der Waals surface area contributed by atoms with Gasteiger partial charge in [-0.05, 0) is 38.8 Å². The number of fused-ring (bicyclic) bond motifs is 1. The third kappa shape index (κ3) is 5.56. The van der Waals surface area contributed by atoms with E-state index in [2.05, 4.69) is 60.5 Å². The van der Waals surface area contributed by atoms with Gasteiger partial charge < -0.3 is 24.5 Å². The Morgan fingerprint density at radius 2 is 1.83 bits per heavy atom. The number of aryl methyl sites for hydroxylation is 3. The summed E-state index contributed by atoms with van der Waals surface area (Å²) >= 11 is 0. The molecule has 1 aromatic carbocycles. The Morgan fingerprint density at radius 1 is 1.07 bits per heavy atom. The molecule has 0 fully saturated rings. The Kier molecular flexibility index (Phi) is 7.78. The van der Waals surface area contributed by atoms with Crippen LogP contribution in [0, 0.1) is 13.8 Å². The van der Waals surface area contributed by atoms with Gasteiger partial charge in [-0.25, -0.2) is 9.98 Å². The number of aromatic nitrogens is 5. The van der Waals surface area contributed by atoms with Crippen LogP contribution in [0.15, 0.2) is 29.3 Å². The second kappa shape index (κ2) is 10.7. The molecule has 0 aliphatic rings. The van der Waals surface area contributed by atoms with Crippen LogP contribution in [-0.2, 0) is 24.9 Å². The molecule has 0 bridgehead atoms. The highest BCUT2D eigenvalue weighted by Gasteiger charge is 2.07. The van der Waals surface area contributed by atoms with Crippen LogP contribution in [-0.4, -0.2) is 57.1 Å². The molecular weight excluding hydrogens is 380 g/mol. The van der Waals surface area contributed by atoms with Crippen LogP contribution >= 0.6 is 0 Å². The molecule has 2 aromatic heterocycles. The lowest BCUT2D eigenvalue weighted by molar-refractivity contribution is 0.195. The smallest absolute Gasteiger partial charge is 0.191 e. The van der Waals surface area contributed by atoms with Crippen molar-refractivity contribution in [2.45, 2.75) is 39.8 Å². The first kappa shape index (κ1) is 21.8. The van der Waals surface area contributed by atoms with E-state index in [1.165, 1.54) is 5.52 Å². The lowest BCUT2D eigenvalue weighted by Gasteiger charge is -2.13. The Hall–Kier alpha value is -2.94. The summed E-state index contributed by atoms with van der Waals surface area (Å²) in [5.41, 5.74) is 2.23. The van der Waals surface area contributed by atoms with Crippen molar-refractivity contribution < 1.29 is 4.74 Å². The maximum atomic E-state index is 5.13. The van der Waals surface area contributed by atoms with Crippen LogP contribution in [0.1, 0.15) is 30.3 Å². The number of guanidine groups is 1. The molecule has 0 saturated carbocycles. The Balaban J connectivity index is 1.56. The van der Waals surface area contributed by atoms with Crippen molar-refractivity contribution in [3.05, 3.63) is 41.7 Å². The topological polar surface area (TPSA) is 94.2 Å². The number of hydrogen-bond acceptors (Lipinski definition) is 5. The fourth-order valence-electron chi connectivity index (χ4n) is 3.26. The molecule has 0 radical (unpaired) electrons. The van der Waals surface area contributed by atoms with E-state index in [1.54, 1.807) is 7.11 Å². The van der Waals surface area contributed by atoms with E-state index in [0.717, 1.165) is 68.0 Å². The van der Waals surface area contributed by atoms with E-state index in [0.29, 0.717) is 6.54 Å². The average molecular weight is 413 g/mol. The predicted molar refractivity (Wildman–Crippen MR) is 118 cm³/mol. The number of ether oxygens (including phenoxy) is 1. The highest BCUT2D eigenvalue weighted by Crippen LogP contribution is 2.15. The van der Waals surface area contributed by atoms with Crippen LogP contribution in [0.5, 0.6) is 0 Å². The van der Waals surface area contributed by atoms with Gasteiger partial charge in [0.05, 0.1) is 11.0 Å². The summed E-state index contributed by atoms with van der Waals surface area (Å²) in [5, 5.41) is 15.1. The van der Waals surface area contributed by atoms with Crippen molar-refractivity contribution in [3.8, 4) is 0 Å². The van der Waals surface area contributed by atoms with Crippen molar-refractivity contribution >= 4 is 17.0 Å². The quantitative estimate of drug-likeness (QED) is 0.300. The minimum atomic E-state index is 0.474. The molecule has 0 aliphatic heterocycles. The van der Waals surface area contributed by atoms with Gasteiger partial charge in [0.1, 0.15) is 18.2 Å². The zero-order valence-electron chi connectivity index (χ0n) is 18.4. The van der Waals surface area contributed by atoms with Crippen LogP contribution in [0.4, 0.5) is 0 Å². The van der Waals surface area contributed by atoms with E-state index in [-0.39, 0.29) is 0 Å². The fraction of sp³-hybridized carbons (Fsp3) is 0.524. The first-order valence-electron chi connectivity index (χ1n) is 10.4. The van der Waals surface area contributed by atoms with Gasteiger partial charge in [0.25, 0.3) is 0 Å². The predicted octanol–water partition coefficient (Wildman–Crippen LogP) is 1.94. The maximum Gasteiger partial charge on any atom is 0.191 e. The number of hydrogen-bond donors (Lipinski definition) is 2. The number of aliphatic imine (C=N–C) groups is 1. The molecule has 3 rings (SSSR count). The van der Waals surface area contributed by atoms with Gasteiger partial charge in [-0.3, -0.25) is 0 Å².